The third-order valence-corrected chi connectivity index (χ3v) is 20.9. The molecule has 0 bridgehead atoms. The summed E-state index contributed by atoms with van der Waals surface area (Å²) in [5.74, 6) is 0.114. The fraction of sp³-hybridized carbons (Fsp3) is 0.926. The van der Waals surface area contributed by atoms with E-state index >= 15 is 0 Å². The van der Waals surface area contributed by atoms with Gasteiger partial charge in [0, 0.05) is 10.8 Å². The van der Waals surface area contributed by atoms with Gasteiger partial charge in [-0.15, -0.1) is 0 Å². The first kappa shape index (κ1) is 59.2. The molecule has 22 heteroatoms. The number of ether oxygens (including phenoxy) is 8. The molecule has 0 amide bonds. The first-order valence-corrected chi connectivity index (χ1v) is 27.5. The van der Waals surface area contributed by atoms with Crippen molar-refractivity contribution in [2.24, 2.45) is 44.3 Å². The van der Waals surface area contributed by atoms with Gasteiger partial charge in [0.15, 0.2) is 25.2 Å². The largest absolute Gasteiger partial charge is 0.394 e. The Hall–Kier alpha value is -1.40. The van der Waals surface area contributed by atoms with Crippen LogP contribution in [0.5, 0.6) is 0 Å². The number of hydrogen-bond donors (Lipinski definition) is 14. The Kier molecular flexibility index (Phi) is 16.7. The standard InChI is InChI=1S/C54H88O22/c1-23-33(58)36(61)42(67)47(71-23)76-44-28(21-69-45-40(65)37(62)34(59)26(19-55)72-45)74-48(43(68)39(44)64)75-32-12-13-51(6)29(50(32,4)5)11-14-52(7)30(51)10-9-24-25-17-49(2,3)15-16-54(25,31(57)18-53(24,52)8)22-70-46-41(66)38(63)35(60)27(20-56)73-46/h9-10,23,26-48,55-68H,11-22H2,1-8H3/t23-,26-,27-,28-,29?,30?,31-,32+,33+,34-,35-,36-,37+,38+,39-,40-,41-,42-,43-,44-,45-,46-,47+,48+,51+,52-,53-,54?/m1/s1. The minimum Gasteiger partial charge on any atom is -0.394 e. The molecule has 4 saturated heterocycles. The van der Waals surface area contributed by atoms with Crippen LogP contribution in [0.2, 0.25) is 0 Å². The van der Waals surface area contributed by atoms with Gasteiger partial charge >= 0.3 is 0 Å². The van der Waals surface area contributed by atoms with Gasteiger partial charge < -0.3 is 109 Å². The molecule has 76 heavy (non-hydrogen) atoms. The molecule has 3 unspecified atom stereocenters. The third-order valence-electron chi connectivity index (χ3n) is 20.9. The monoisotopic (exact) mass is 1090 g/mol. The topological polar surface area (TPSA) is 357 Å². The molecule has 7 fully saturated rings. The second-order valence-corrected chi connectivity index (χ2v) is 26.1. The molecule has 14 N–H and O–H groups in total. The van der Waals surface area contributed by atoms with E-state index in [0.29, 0.717) is 32.1 Å². The molecule has 4 aliphatic heterocycles. The molecule has 4 heterocycles. The van der Waals surface area contributed by atoms with Crippen LogP contribution in [0.4, 0.5) is 0 Å². The number of aliphatic hydroxyl groups is 14. The average Bonchev–Trinajstić information content (AvgIpc) is 3.36. The molecule has 5 aliphatic carbocycles. The van der Waals surface area contributed by atoms with E-state index in [4.69, 9.17) is 37.9 Å². The number of allylic oxidation sites excluding steroid dienone is 3. The maximum atomic E-state index is 12.7. The summed E-state index contributed by atoms with van der Waals surface area (Å²) in [6.07, 6.45) is -22.2. The van der Waals surface area contributed by atoms with Crippen LogP contribution in [0.25, 0.3) is 0 Å². The average molecular weight is 1090 g/mol. The van der Waals surface area contributed by atoms with Gasteiger partial charge in [-0.2, -0.15) is 0 Å². The normalized spacial score (nSPS) is 54.0. The fourth-order valence-corrected chi connectivity index (χ4v) is 15.8. The minimum atomic E-state index is -1.79. The predicted molar refractivity (Wildman–Crippen MR) is 263 cm³/mol. The molecule has 9 rings (SSSR count). The lowest BCUT2D eigenvalue weighted by atomic mass is 9.35. The van der Waals surface area contributed by atoms with E-state index in [0.717, 1.165) is 24.8 Å². The van der Waals surface area contributed by atoms with E-state index in [1.165, 1.54) is 12.5 Å². The molecule has 9 aliphatic rings. The first-order chi connectivity index (χ1) is 35.5. The molecule has 436 valence electrons. The molecule has 0 radical (unpaired) electrons. The van der Waals surface area contributed by atoms with Crippen molar-refractivity contribution in [1.82, 2.24) is 0 Å². The van der Waals surface area contributed by atoms with Crippen molar-refractivity contribution in [3.05, 3.63) is 23.3 Å². The Morgan fingerprint density at radius 2 is 1.12 bits per heavy atom. The summed E-state index contributed by atoms with van der Waals surface area (Å²) in [6.45, 7) is 15.3. The van der Waals surface area contributed by atoms with Crippen molar-refractivity contribution in [3.8, 4) is 0 Å². The van der Waals surface area contributed by atoms with Crippen molar-refractivity contribution in [3.63, 3.8) is 0 Å². The van der Waals surface area contributed by atoms with E-state index in [9.17, 15) is 71.5 Å². The molecular formula is C54H88O22. The quantitative estimate of drug-likeness (QED) is 0.0975. The van der Waals surface area contributed by atoms with Crippen molar-refractivity contribution < 1.29 is 109 Å². The van der Waals surface area contributed by atoms with Gasteiger partial charge in [0.25, 0.3) is 0 Å². The summed E-state index contributed by atoms with van der Waals surface area (Å²) < 4.78 is 48.4. The Labute approximate surface area is 444 Å². The molecule has 28 atom stereocenters. The van der Waals surface area contributed by atoms with Crippen LogP contribution in [-0.2, 0) is 37.9 Å². The predicted octanol–water partition coefficient (Wildman–Crippen LogP) is -1.64. The van der Waals surface area contributed by atoms with Gasteiger partial charge in [0.2, 0.25) is 0 Å². The van der Waals surface area contributed by atoms with Gasteiger partial charge in [-0.25, -0.2) is 0 Å². The van der Waals surface area contributed by atoms with Crippen molar-refractivity contribution >= 4 is 0 Å². The van der Waals surface area contributed by atoms with E-state index in [-0.39, 0.29) is 34.7 Å². The smallest absolute Gasteiger partial charge is 0.187 e. The zero-order valence-corrected chi connectivity index (χ0v) is 45.0. The third kappa shape index (κ3) is 9.63. The lowest BCUT2D eigenvalue weighted by Crippen LogP contribution is -2.66. The van der Waals surface area contributed by atoms with E-state index in [2.05, 4.69) is 60.6 Å². The van der Waals surface area contributed by atoms with E-state index < -0.39 is 171 Å². The highest BCUT2D eigenvalue weighted by Gasteiger charge is 2.69. The van der Waals surface area contributed by atoms with Crippen molar-refractivity contribution in [2.45, 2.75) is 242 Å². The SMILES string of the molecule is C[C@H]1O[C@@H](O[C@H]2[C@H](O)[C@@H](O)[C@H](O[C@H]3CC[C@@]4(C)C(CC[C@]5(C)C4C=CC4=C6CC(C)(C)CCC6(CO[C@@H]6O[C@H](CO)[C@@H](O)[C@H](O)[C@H]6O)[C@H](O)C[C@]45C)C3(C)C)O[C@@H]2CO[C@@H]2O[C@H](CO)[C@@H](O)[C@H](O)[C@H]2O)[C@H](O)[C@H](O)[C@H]1O. The van der Waals surface area contributed by atoms with Gasteiger partial charge in [-0.3, -0.25) is 0 Å². The van der Waals surface area contributed by atoms with E-state index in [1.807, 2.05) is 0 Å². The first-order valence-electron chi connectivity index (χ1n) is 27.5. The summed E-state index contributed by atoms with van der Waals surface area (Å²) in [7, 11) is 0. The molecule has 0 aromatic carbocycles. The molecule has 0 spiro atoms. The zero-order valence-electron chi connectivity index (χ0n) is 45.0. The number of rotatable bonds is 12. The van der Waals surface area contributed by atoms with Crippen LogP contribution in [0.15, 0.2) is 23.3 Å². The molecule has 0 aromatic rings. The Morgan fingerprint density at radius 1 is 0.566 bits per heavy atom. The summed E-state index contributed by atoms with van der Waals surface area (Å²) in [5, 5.41) is 151. The number of fused-ring (bicyclic) bond motifs is 6. The van der Waals surface area contributed by atoms with Crippen LogP contribution in [0, 0.1) is 44.3 Å². The second-order valence-electron chi connectivity index (χ2n) is 26.1. The summed E-state index contributed by atoms with van der Waals surface area (Å²) >= 11 is 0. The highest BCUT2D eigenvalue weighted by atomic mass is 16.8. The van der Waals surface area contributed by atoms with Gasteiger partial charge in [-0.05, 0) is 97.4 Å². The lowest BCUT2D eigenvalue weighted by molar-refractivity contribution is -0.373. The second kappa shape index (κ2) is 21.4. The Balaban J connectivity index is 0.961. The van der Waals surface area contributed by atoms with Crippen LogP contribution in [0.1, 0.15) is 107 Å². The highest BCUT2D eigenvalue weighted by molar-refractivity contribution is 5.47. The maximum Gasteiger partial charge on any atom is 0.187 e. The Bertz CT molecular complexity index is 2110. The number of hydrogen-bond acceptors (Lipinski definition) is 22. The van der Waals surface area contributed by atoms with Crippen LogP contribution >= 0.6 is 0 Å². The highest BCUT2D eigenvalue weighted by Crippen LogP contribution is 2.74. The summed E-state index contributed by atoms with van der Waals surface area (Å²) in [5.41, 5.74) is -0.293. The van der Waals surface area contributed by atoms with Gasteiger partial charge in [-0.1, -0.05) is 66.2 Å². The zero-order chi connectivity index (χ0) is 55.6. The van der Waals surface area contributed by atoms with Crippen molar-refractivity contribution in [2.75, 3.05) is 26.4 Å². The van der Waals surface area contributed by atoms with E-state index in [1.54, 1.807) is 0 Å². The van der Waals surface area contributed by atoms with Crippen molar-refractivity contribution in [1.29, 1.82) is 0 Å². The van der Waals surface area contributed by atoms with Gasteiger partial charge in [0.1, 0.15) is 91.6 Å². The minimum absolute atomic E-state index is 0.00613. The lowest BCUT2D eigenvalue weighted by Gasteiger charge is -2.70. The molecule has 0 aromatic heterocycles. The number of aliphatic hydroxyl groups excluding tert-OH is 14. The summed E-state index contributed by atoms with van der Waals surface area (Å²) in [4.78, 5) is 0. The van der Waals surface area contributed by atoms with Crippen LogP contribution in [-0.4, -0.2) is 233 Å². The Morgan fingerprint density at radius 3 is 1.74 bits per heavy atom. The maximum absolute atomic E-state index is 12.7. The van der Waals surface area contributed by atoms with Crippen LogP contribution < -0.4 is 0 Å². The molecule has 22 nitrogen and oxygen atoms in total. The van der Waals surface area contributed by atoms with Gasteiger partial charge in [0.05, 0.1) is 44.7 Å². The van der Waals surface area contributed by atoms with Crippen LogP contribution in [0.3, 0.4) is 0 Å². The molecular weight excluding hydrogens is 1000 g/mol. The summed E-state index contributed by atoms with van der Waals surface area (Å²) in [6, 6.07) is 0. The molecule has 3 saturated carbocycles. The fourth-order valence-electron chi connectivity index (χ4n) is 15.8.